The standard InChI is InChI=1S/C12H13NO5/c1-7-4-5-13(10(7)12(16)17)11(15)8-2-3-9(14)18-6-8/h2-3,6-7,10H,4-5H2,1H3,(H,16,17). The third-order valence-electron chi connectivity index (χ3n) is 3.16. The number of aliphatic carboxylic acids is 1. The summed E-state index contributed by atoms with van der Waals surface area (Å²) >= 11 is 0. The third kappa shape index (κ3) is 2.13. The number of likely N-dealkylation sites (tertiary alicyclic amines) is 1. The van der Waals surface area contributed by atoms with Gasteiger partial charge in [0.1, 0.15) is 12.3 Å². The Morgan fingerprint density at radius 1 is 1.44 bits per heavy atom. The monoisotopic (exact) mass is 251 g/mol. The van der Waals surface area contributed by atoms with E-state index in [1.54, 1.807) is 6.92 Å². The van der Waals surface area contributed by atoms with Crippen molar-refractivity contribution >= 4 is 11.9 Å². The van der Waals surface area contributed by atoms with E-state index in [4.69, 9.17) is 5.11 Å². The van der Waals surface area contributed by atoms with Crippen molar-refractivity contribution in [2.45, 2.75) is 19.4 Å². The van der Waals surface area contributed by atoms with E-state index >= 15 is 0 Å². The smallest absolute Gasteiger partial charge is 0.335 e. The first-order valence-corrected chi connectivity index (χ1v) is 5.63. The molecule has 1 aliphatic rings. The van der Waals surface area contributed by atoms with Gasteiger partial charge in [-0.05, 0) is 18.4 Å². The molecule has 2 atom stereocenters. The first kappa shape index (κ1) is 12.3. The highest BCUT2D eigenvalue weighted by Crippen LogP contribution is 2.25. The quantitative estimate of drug-likeness (QED) is 0.830. The molecule has 0 spiro atoms. The highest BCUT2D eigenvalue weighted by atomic mass is 16.4. The minimum absolute atomic E-state index is 0.0813. The second-order valence-corrected chi connectivity index (χ2v) is 4.39. The second-order valence-electron chi connectivity index (χ2n) is 4.39. The summed E-state index contributed by atoms with van der Waals surface area (Å²) in [5.41, 5.74) is -0.355. The normalized spacial score (nSPS) is 23.1. The fraction of sp³-hybridized carbons (Fsp3) is 0.417. The molecule has 0 saturated carbocycles. The predicted octanol–water partition coefficient (Wildman–Crippen LogP) is 0.575. The molecule has 0 aliphatic carbocycles. The third-order valence-corrected chi connectivity index (χ3v) is 3.16. The zero-order chi connectivity index (χ0) is 13.3. The lowest BCUT2D eigenvalue weighted by atomic mass is 10.0. The van der Waals surface area contributed by atoms with E-state index in [0.29, 0.717) is 13.0 Å². The number of nitrogens with zero attached hydrogens (tertiary/aromatic N) is 1. The Labute approximate surface area is 103 Å². The lowest BCUT2D eigenvalue weighted by Gasteiger charge is -2.23. The number of amides is 1. The van der Waals surface area contributed by atoms with Crippen LogP contribution in [0.25, 0.3) is 0 Å². The Morgan fingerprint density at radius 2 is 2.17 bits per heavy atom. The van der Waals surface area contributed by atoms with Gasteiger partial charge in [-0.3, -0.25) is 4.79 Å². The number of carboxylic acid groups (broad SMARTS) is 1. The molecule has 1 aromatic heterocycles. The van der Waals surface area contributed by atoms with Crippen molar-refractivity contribution in [2.24, 2.45) is 5.92 Å². The molecule has 1 aromatic rings. The van der Waals surface area contributed by atoms with Gasteiger partial charge in [0, 0.05) is 12.6 Å². The molecule has 1 aliphatic heterocycles. The maximum absolute atomic E-state index is 12.1. The van der Waals surface area contributed by atoms with Crippen molar-refractivity contribution < 1.29 is 19.1 Å². The summed E-state index contributed by atoms with van der Waals surface area (Å²) in [7, 11) is 0. The maximum Gasteiger partial charge on any atom is 0.335 e. The summed E-state index contributed by atoms with van der Waals surface area (Å²) in [5.74, 6) is -1.51. The van der Waals surface area contributed by atoms with Gasteiger partial charge < -0.3 is 14.4 Å². The van der Waals surface area contributed by atoms with Gasteiger partial charge in [-0.2, -0.15) is 0 Å². The van der Waals surface area contributed by atoms with Gasteiger partial charge >= 0.3 is 11.6 Å². The number of carbonyl (C=O) groups is 2. The van der Waals surface area contributed by atoms with Crippen LogP contribution in [0, 0.1) is 5.92 Å². The molecule has 0 bridgehead atoms. The second kappa shape index (κ2) is 4.64. The summed E-state index contributed by atoms with van der Waals surface area (Å²) < 4.78 is 4.61. The van der Waals surface area contributed by atoms with E-state index in [1.807, 2.05) is 0 Å². The molecule has 2 unspecified atom stereocenters. The molecular weight excluding hydrogens is 238 g/mol. The van der Waals surface area contributed by atoms with E-state index in [2.05, 4.69) is 4.42 Å². The zero-order valence-corrected chi connectivity index (χ0v) is 9.83. The molecule has 1 amide bonds. The highest BCUT2D eigenvalue weighted by Gasteiger charge is 2.39. The first-order valence-electron chi connectivity index (χ1n) is 5.63. The Balaban J connectivity index is 2.26. The maximum atomic E-state index is 12.1. The number of hydrogen-bond acceptors (Lipinski definition) is 4. The molecule has 0 radical (unpaired) electrons. The van der Waals surface area contributed by atoms with Gasteiger partial charge in [0.25, 0.3) is 5.91 Å². The molecule has 1 fully saturated rings. The lowest BCUT2D eigenvalue weighted by molar-refractivity contribution is -0.142. The van der Waals surface area contributed by atoms with Gasteiger partial charge in [0.15, 0.2) is 0 Å². The molecule has 18 heavy (non-hydrogen) atoms. The molecule has 2 rings (SSSR count). The van der Waals surface area contributed by atoms with Crippen molar-refractivity contribution in [3.8, 4) is 0 Å². The Hall–Kier alpha value is -2.11. The molecule has 0 aromatic carbocycles. The summed E-state index contributed by atoms with van der Waals surface area (Å²) in [4.78, 5) is 35.4. The van der Waals surface area contributed by atoms with Gasteiger partial charge in [0.2, 0.25) is 0 Å². The number of carboxylic acids is 1. The van der Waals surface area contributed by atoms with Crippen LogP contribution in [-0.2, 0) is 4.79 Å². The fourth-order valence-electron chi connectivity index (χ4n) is 2.20. The van der Waals surface area contributed by atoms with Crippen molar-refractivity contribution in [3.05, 3.63) is 34.4 Å². The molecule has 1 saturated heterocycles. The average molecular weight is 251 g/mol. The van der Waals surface area contributed by atoms with Crippen LogP contribution in [0.5, 0.6) is 0 Å². The summed E-state index contributed by atoms with van der Waals surface area (Å²) in [6.07, 6.45) is 1.71. The van der Waals surface area contributed by atoms with Crippen LogP contribution >= 0.6 is 0 Å². The summed E-state index contributed by atoms with van der Waals surface area (Å²) in [5, 5.41) is 9.13. The predicted molar refractivity (Wildman–Crippen MR) is 61.2 cm³/mol. The fourth-order valence-corrected chi connectivity index (χ4v) is 2.20. The minimum atomic E-state index is -1.01. The Kier molecular flexibility index (Phi) is 3.18. The van der Waals surface area contributed by atoms with Crippen LogP contribution in [0.15, 0.2) is 27.6 Å². The molecule has 6 nitrogen and oxygen atoms in total. The van der Waals surface area contributed by atoms with Gasteiger partial charge in [-0.1, -0.05) is 6.92 Å². The number of hydrogen-bond donors (Lipinski definition) is 1. The molecule has 96 valence electrons. The molecule has 2 heterocycles. The topological polar surface area (TPSA) is 87.8 Å². The molecule has 6 heteroatoms. The van der Waals surface area contributed by atoms with Crippen LogP contribution in [0.2, 0.25) is 0 Å². The van der Waals surface area contributed by atoms with E-state index in [-0.39, 0.29) is 11.5 Å². The lowest BCUT2D eigenvalue weighted by Crippen LogP contribution is -2.42. The number of carbonyl (C=O) groups excluding carboxylic acids is 1. The van der Waals surface area contributed by atoms with Crippen molar-refractivity contribution in [3.63, 3.8) is 0 Å². The van der Waals surface area contributed by atoms with Crippen LogP contribution in [0.3, 0.4) is 0 Å². The minimum Gasteiger partial charge on any atom is -0.480 e. The SMILES string of the molecule is CC1CCN(C(=O)c2ccc(=O)oc2)C1C(=O)O. The highest BCUT2D eigenvalue weighted by molar-refractivity contribution is 5.96. The summed E-state index contributed by atoms with van der Waals surface area (Å²) in [6.45, 7) is 2.20. The van der Waals surface area contributed by atoms with Crippen molar-refractivity contribution in [2.75, 3.05) is 6.54 Å². The zero-order valence-electron chi connectivity index (χ0n) is 9.83. The number of rotatable bonds is 2. The Bertz CT molecular complexity index is 515. The van der Waals surface area contributed by atoms with Crippen LogP contribution < -0.4 is 5.63 Å². The first-order chi connectivity index (χ1) is 8.50. The molecular formula is C12H13NO5. The van der Waals surface area contributed by atoms with Crippen LogP contribution in [-0.4, -0.2) is 34.5 Å². The van der Waals surface area contributed by atoms with Gasteiger partial charge in [-0.25, -0.2) is 9.59 Å². The largest absolute Gasteiger partial charge is 0.480 e. The van der Waals surface area contributed by atoms with E-state index in [1.165, 1.54) is 11.0 Å². The molecule has 1 N–H and O–H groups in total. The van der Waals surface area contributed by atoms with Crippen molar-refractivity contribution in [1.82, 2.24) is 4.90 Å². The van der Waals surface area contributed by atoms with Gasteiger partial charge in [-0.15, -0.1) is 0 Å². The average Bonchev–Trinajstić information content (AvgIpc) is 2.71. The van der Waals surface area contributed by atoms with E-state index in [9.17, 15) is 14.4 Å². The van der Waals surface area contributed by atoms with Crippen molar-refractivity contribution in [1.29, 1.82) is 0 Å². The van der Waals surface area contributed by atoms with Crippen LogP contribution in [0.4, 0.5) is 0 Å². The van der Waals surface area contributed by atoms with Crippen LogP contribution in [0.1, 0.15) is 23.7 Å². The van der Waals surface area contributed by atoms with E-state index < -0.39 is 23.5 Å². The Morgan fingerprint density at radius 3 is 2.72 bits per heavy atom. The summed E-state index contributed by atoms with van der Waals surface area (Å²) in [6, 6.07) is 1.67. The van der Waals surface area contributed by atoms with E-state index in [0.717, 1.165) is 12.3 Å². The van der Waals surface area contributed by atoms with Gasteiger partial charge in [0.05, 0.1) is 5.56 Å².